The van der Waals surface area contributed by atoms with E-state index in [0.29, 0.717) is 13.0 Å². The van der Waals surface area contributed by atoms with Crippen LogP contribution < -0.4 is 4.74 Å². The fourth-order valence-corrected chi connectivity index (χ4v) is 5.28. The Morgan fingerprint density at radius 2 is 1.94 bits per heavy atom. The van der Waals surface area contributed by atoms with E-state index in [2.05, 4.69) is 26.9 Å². The molecule has 0 bridgehead atoms. The van der Waals surface area contributed by atoms with Crippen LogP contribution in [0.1, 0.15) is 41.9 Å². The van der Waals surface area contributed by atoms with Crippen LogP contribution in [0.2, 0.25) is 0 Å². The molecule has 7 nitrogen and oxygen atoms in total. The molecule has 0 saturated carbocycles. The first-order valence-electron chi connectivity index (χ1n) is 11.9. The number of carbonyl (C=O) groups is 2. The number of benzene rings is 1. The summed E-state index contributed by atoms with van der Waals surface area (Å²) in [5, 5.41) is 3.00. The maximum Gasteiger partial charge on any atom is 0.228 e. The number of likely N-dealkylation sites (tertiary alicyclic amines) is 1. The van der Waals surface area contributed by atoms with Crippen molar-refractivity contribution in [3.63, 3.8) is 0 Å². The van der Waals surface area contributed by atoms with E-state index >= 15 is 0 Å². The van der Waals surface area contributed by atoms with Crippen LogP contribution in [0.15, 0.2) is 29.6 Å². The van der Waals surface area contributed by atoms with Crippen molar-refractivity contribution in [2.45, 2.75) is 51.6 Å². The summed E-state index contributed by atoms with van der Waals surface area (Å²) < 4.78 is 6.02. The second-order valence-electron chi connectivity index (χ2n) is 8.97. The number of amides is 2. The largest absolute Gasteiger partial charge is 0.494 e. The summed E-state index contributed by atoms with van der Waals surface area (Å²) in [6.07, 6.45) is 5.47. The van der Waals surface area contributed by atoms with E-state index in [1.54, 1.807) is 11.3 Å². The normalized spacial score (nSPS) is 19.5. The van der Waals surface area contributed by atoms with E-state index in [9.17, 15) is 9.59 Å². The van der Waals surface area contributed by atoms with Crippen LogP contribution >= 0.6 is 11.3 Å². The zero-order chi connectivity index (χ0) is 23.0. The standard InChI is InChI=1S/C25H34N4O3S/c1-20-26-22(18-33-20)16-25(31)29-10-3-2-4-23(29)9-15-32-24-7-5-21(6-8-24)17-27-11-13-28(19-30)14-12-27/h5-8,18-19,23H,2-4,9-17H2,1H3. The van der Waals surface area contributed by atoms with Gasteiger partial charge in [0.15, 0.2) is 0 Å². The molecule has 2 aliphatic heterocycles. The van der Waals surface area contributed by atoms with Gasteiger partial charge in [-0.25, -0.2) is 4.98 Å². The van der Waals surface area contributed by atoms with Crippen LogP contribution in [-0.2, 0) is 22.6 Å². The Bertz CT molecular complexity index is 909. The van der Waals surface area contributed by atoms with Crippen molar-refractivity contribution in [1.82, 2.24) is 19.7 Å². The molecule has 33 heavy (non-hydrogen) atoms. The Morgan fingerprint density at radius 1 is 1.15 bits per heavy atom. The lowest BCUT2D eigenvalue weighted by Gasteiger charge is -2.35. The van der Waals surface area contributed by atoms with Crippen LogP contribution in [0.4, 0.5) is 0 Å². The van der Waals surface area contributed by atoms with E-state index in [4.69, 9.17) is 4.74 Å². The fraction of sp³-hybridized carbons (Fsp3) is 0.560. The van der Waals surface area contributed by atoms with Gasteiger partial charge in [0.2, 0.25) is 12.3 Å². The molecule has 178 valence electrons. The lowest BCUT2D eigenvalue weighted by atomic mass is 9.99. The molecule has 0 radical (unpaired) electrons. The topological polar surface area (TPSA) is 66.0 Å². The van der Waals surface area contributed by atoms with E-state index in [0.717, 1.165) is 81.4 Å². The molecule has 4 rings (SSSR count). The van der Waals surface area contributed by atoms with Gasteiger partial charge in [0.25, 0.3) is 0 Å². The van der Waals surface area contributed by atoms with Gasteiger partial charge in [0.1, 0.15) is 5.75 Å². The Hall–Kier alpha value is -2.45. The first kappa shape index (κ1) is 23.7. The lowest BCUT2D eigenvalue weighted by molar-refractivity contribution is -0.134. The molecule has 0 spiro atoms. The summed E-state index contributed by atoms with van der Waals surface area (Å²) in [4.78, 5) is 34.4. The van der Waals surface area contributed by atoms with Crippen molar-refractivity contribution in [3.05, 3.63) is 45.9 Å². The minimum atomic E-state index is 0.184. The SMILES string of the molecule is Cc1nc(CC(=O)N2CCCCC2CCOc2ccc(CN3CCN(C=O)CC3)cc2)cs1. The van der Waals surface area contributed by atoms with Crippen LogP contribution in [0.3, 0.4) is 0 Å². The average molecular weight is 471 g/mol. The number of hydrogen-bond acceptors (Lipinski definition) is 6. The van der Waals surface area contributed by atoms with Gasteiger partial charge in [-0.1, -0.05) is 12.1 Å². The fourth-order valence-electron chi connectivity index (χ4n) is 4.66. The van der Waals surface area contributed by atoms with Crippen molar-refractivity contribution >= 4 is 23.7 Å². The summed E-state index contributed by atoms with van der Waals surface area (Å²) in [7, 11) is 0. The minimum absolute atomic E-state index is 0.184. The van der Waals surface area contributed by atoms with E-state index in [-0.39, 0.29) is 11.9 Å². The van der Waals surface area contributed by atoms with E-state index in [1.807, 2.05) is 29.3 Å². The Morgan fingerprint density at radius 3 is 2.64 bits per heavy atom. The molecule has 2 saturated heterocycles. The van der Waals surface area contributed by atoms with Crippen molar-refractivity contribution < 1.29 is 14.3 Å². The number of carbonyl (C=O) groups excluding carboxylic acids is 2. The maximum atomic E-state index is 12.9. The summed E-state index contributed by atoms with van der Waals surface area (Å²) >= 11 is 1.60. The number of piperidine rings is 1. The third-order valence-corrected chi connectivity index (χ3v) is 7.37. The van der Waals surface area contributed by atoms with Gasteiger partial charge in [0.05, 0.1) is 23.7 Å². The maximum absolute atomic E-state index is 12.9. The molecule has 2 fully saturated rings. The average Bonchev–Trinajstić information content (AvgIpc) is 3.25. The van der Waals surface area contributed by atoms with Crippen LogP contribution in [0.25, 0.3) is 0 Å². The van der Waals surface area contributed by atoms with Crippen LogP contribution in [-0.4, -0.2) is 77.4 Å². The molecule has 1 unspecified atom stereocenters. The molecule has 2 aliphatic rings. The highest BCUT2D eigenvalue weighted by Gasteiger charge is 2.27. The van der Waals surface area contributed by atoms with Gasteiger partial charge < -0.3 is 14.5 Å². The highest BCUT2D eigenvalue weighted by molar-refractivity contribution is 7.09. The predicted octanol–water partition coefficient (Wildman–Crippen LogP) is 3.12. The van der Waals surface area contributed by atoms with Crippen molar-refractivity contribution in [2.24, 2.45) is 0 Å². The molecule has 2 amide bonds. The Labute approximate surface area is 200 Å². The molecule has 8 heteroatoms. The van der Waals surface area contributed by atoms with Crippen molar-refractivity contribution in [2.75, 3.05) is 39.3 Å². The number of ether oxygens (including phenoxy) is 1. The smallest absolute Gasteiger partial charge is 0.228 e. The summed E-state index contributed by atoms with van der Waals surface area (Å²) in [5.74, 6) is 1.06. The van der Waals surface area contributed by atoms with Gasteiger partial charge >= 0.3 is 0 Å². The molecule has 0 aliphatic carbocycles. The van der Waals surface area contributed by atoms with Crippen LogP contribution in [0.5, 0.6) is 5.75 Å². The van der Waals surface area contributed by atoms with Gasteiger partial charge in [-0.05, 0) is 43.9 Å². The number of aromatic nitrogens is 1. The second kappa shape index (κ2) is 11.6. The van der Waals surface area contributed by atoms with Crippen molar-refractivity contribution in [1.29, 1.82) is 0 Å². The predicted molar refractivity (Wildman–Crippen MR) is 129 cm³/mol. The molecule has 0 N–H and O–H groups in total. The molecule has 1 aromatic carbocycles. The second-order valence-corrected chi connectivity index (χ2v) is 10.0. The Balaban J connectivity index is 1.22. The number of rotatable bonds is 9. The highest BCUT2D eigenvalue weighted by atomic mass is 32.1. The molecule has 3 heterocycles. The molecular weight excluding hydrogens is 436 g/mol. The number of piperazine rings is 1. The zero-order valence-corrected chi connectivity index (χ0v) is 20.3. The third kappa shape index (κ3) is 6.77. The van der Waals surface area contributed by atoms with E-state index < -0.39 is 0 Å². The quantitative estimate of drug-likeness (QED) is 0.527. The van der Waals surface area contributed by atoms with Gasteiger partial charge in [-0.3, -0.25) is 14.5 Å². The summed E-state index contributed by atoms with van der Waals surface area (Å²) in [5.41, 5.74) is 2.14. The first-order chi connectivity index (χ1) is 16.1. The summed E-state index contributed by atoms with van der Waals surface area (Å²) in [6.45, 7) is 7.74. The zero-order valence-electron chi connectivity index (χ0n) is 19.4. The molecular formula is C25H34N4O3S. The summed E-state index contributed by atoms with van der Waals surface area (Å²) in [6, 6.07) is 8.55. The van der Waals surface area contributed by atoms with Gasteiger partial charge in [-0.2, -0.15) is 0 Å². The third-order valence-electron chi connectivity index (χ3n) is 6.55. The lowest BCUT2D eigenvalue weighted by Crippen LogP contribution is -2.45. The molecule has 1 atom stereocenters. The first-order valence-corrected chi connectivity index (χ1v) is 12.8. The minimum Gasteiger partial charge on any atom is -0.494 e. The Kier molecular flexibility index (Phi) is 8.34. The number of thiazole rings is 1. The van der Waals surface area contributed by atoms with Gasteiger partial charge in [0, 0.05) is 57.1 Å². The van der Waals surface area contributed by atoms with Crippen molar-refractivity contribution in [3.8, 4) is 5.75 Å². The molecule has 1 aromatic heterocycles. The van der Waals surface area contributed by atoms with Crippen LogP contribution in [0, 0.1) is 6.92 Å². The van der Waals surface area contributed by atoms with Gasteiger partial charge in [-0.15, -0.1) is 11.3 Å². The van der Waals surface area contributed by atoms with E-state index in [1.165, 1.54) is 12.0 Å². The number of hydrogen-bond donors (Lipinski definition) is 0. The number of nitrogens with zero attached hydrogens (tertiary/aromatic N) is 4. The molecule has 2 aromatic rings. The monoisotopic (exact) mass is 470 g/mol. The highest BCUT2D eigenvalue weighted by Crippen LogP contribution is 2.22. The number of aryl methyl sites for hydroxylation is 1.